The van der Waals surface area contributed by atoms with E-state index < -0.39 is 0 Å². The number of nitrogens with zero attached hydrogens (tertiary/aromatic N) is 1. The van der Waals surface area contributed by atoms with E-state index in [4.69, 9.17) is 21.1 Å². The minimum atomic E-state index is 0.479. The highest BCUT2D eigenvalue weighted by atomic mass is 35.5. The molecule has 4 nitrogen and oxygen atoms in total. The van der Waals surface area contributed by atoms with Crippen LogP contribution in [0.4, 0.5) is 0 Å². The maximum atomic E-state index is 6.41. The van der Waals surface area contributed by atoms with Crippen molar-refractivity contribution in [3.8, 4) is 11.5 Å². The van der Waals surface area contributed by atoms with E-state index >= 15 is 0 Å². The molecule has 2 aromatic heterocycles. The van der Waals surface area contributed by atoms with Crippen LogP contribution in [0.15, 0.2) is 54.2 Å². The van der Waals surface area contributed by atoms with Crippen LogP contribution in [0.5, 0.6) is 11.5 Å². The molecule has 0 spiro atoms. The van der Waals surface area contributed by atoms with E-state index in [1.54, 1.807) is 24.6 Å². The topological polar surface area (TPSA) is 43.4 Å². The fourth-order valence-corrected chi connectivity index (χ4v) is 3.31. The van der Waals surface area contributed by atoms with Crippen molar-refractivity contribution < 1.29 is 9.47 Å². The average molecular weight is 375 g/mol. The Labute approximate surface area is 156 Å². The predicted molar refractivity (Wildman–Crippen MR) is 101 cm³/mol. The summed E-state index contributed by atoms with van der Waals surface area (Å²) in [5, 5.41) is 5.95. The van der Waals surface area contributed by atoms with Crippen molar-refractivity contribution in [2.45, 2.75) is 19.7 Å². The van der Waals surface area contributed by atoms with Gasteiger partial charge in [-0.25, -0.2) is 0 Å². The number of aromatic nitrogens is 1. The molecule has 0 saturated heterocycles. The lowest BCUT2D eigenvalue weighted by Crippen LogP contribution is -2.13. The standard InChI is InChI=1S/C19H19ClN2O2S/c1-23-18-9-15(12-22-11-14-4-2-6-21-10-14)8-17(20)19(18)24-13-16-5-3-7-25-16/h2-10,22H,11-13H2,1H3. The Morgan fingerprint density at radius 2 is 2.04 bits per heavy atom. The Morgan fingerprint density at radius 3 is 2.76 bits per heavy atom. The maximum absolute atomic E-state index is 6.41. The number of methoxy groups -OCH3 is 1. The van der Waals surface area contributed by atoms with Crippen LogP contribution in [0, 0.1) is 0 Å². The Hall–Kier alpha value is -2.08. The average Bonchev–Trinajstić information content (AvgIpc) is 3.15. The zero-order valence-electron chi connectivity index (χ0n) is 13.9. The van der Waals surface area contributed by atoms with Gasteiger partial charge in [-0.3, -0.25) is 4.98 Å². The van der Waals surface area contributed by atoms with Gasteiger partial charge in [0, 0.05) is 30.4 Å². The summed E-state index contributed by atoms with van der Waals surface area (Å²) in [4.78, 5) is 5.25. The molecule has 0 fully saturated rings. The highest BCUT2D eigenvalue weighted by molar-refractivity contribution is 7.09. The maximum Gasteiger partial charge on any atom is 0.180 e. The zero-order chi connectivity index (χ0) is 17.5. The van der Waals surface area contributed by atoms with E-state index in [9.17, 15) is 0 Å². The number of halogens is 1. The molecule has 1 N–H and O–H groups in total. The molecule has 0 aliphatic rings. The van der Waals surface area contributed by atoms with E-state index in [0.29, 0.717) is 29.7 Å². The van der Waals surface area contributed by atoms with E-state index in [0.717, 1.165) is 22.5 Å². The molecule has 25 heavy (non-hydrogen) atoms. The van der Waals surface area contributed by atoms with Gasteiger partial charge >= 0.3 is 0 Å². The van der Waals surface area contributed by atoms with E-state index in [1.807, 2.05) is 48.0 Å². The van der Waals surface area contributed by atoms with Crippen molar-refractivity contribution >= 4 is 22.9 Å². The Morgan fingerprint density at radius 1 is 1.16 bits per heavy atom. The molecule has 3 rings (SSSR count). The second-order valence-electron chi connectivity index (χ2n) is 5.44. The summed E-state index contributed by atoms with van der Waals surface area (Å²) in [5.74, 6) is 1.22. The third-order valence-electron chi connectivity index (χ3n) is 3.61. The van der Waals surface area contributed by atoms with Crippen molar-refractivity contribution in [3.63, 3.8) is 0 Å². The van der Waals surface area contributed by atoms with Crippen LogP contribution in [0.25, 0.3) is 0 Å². The van der Waals surface area contributed by atoms with Crippen LogP contribution in [0.3, 0.4) is 0 Å². The van der Waals surface area contributed by atoms with Crippen molar-refractivity contribution in [1.29, 1.82) is 0 Å². The lowest BCUT2D eigenvalue weighted by atomic mass is 10.2. The normalized spacial score (nSPS) is 10.6. The third kappa shape index (κ3) is 4.95. The minimum Gasteiger partial charge on any atom is -0.493 e. The van der Waals surface area contributed by atoms with Gasteiger partial charge in [0.05, 0.1) is 12.1 Å². The summed E-state index contributed by atoms with van der Waals surface area (Å²) in [6.07, 6.45) is 3.62. The minimum absolute atomic E-state index is 0.479. The van der Waals surface area contributed by atoms with Crippen LogP contribution >= 0.6 is 22.9 Å². The van der Waals surface area contributed by atoms with Gasteiger partial charge in [-0.1, -0.05) is 23.7 Å². The molecule has 0 aliphatic heterocycles. The Bertz CT molecular complexity index is 795. The molecule has 0 atom stereocenters. The quantitative estimate of drug-likeness (QED) is 0.622. The number of hydrogen-bond donors (Lipinski definition) is 1. The third-order valence-corrected chi connectivity index (χ3v) is 4.74. The molecule has 0 unspecified atom stereocenters. The van der Waals surface area contributed by atoms with Crippen molar-refractivity contribution in [2.24, 2.45) is 0 Å². The van der Waals surface area contributed by atoms with Crippen LogP contribution in [-0.2, 0) is 19.7 Å². The number of pyridine rings is 1. The number of hydrogen-bond acceptors (Lipinski definition) is 5. The summed E-state index contributed by atoms with van der Waals surface area (Å²) in [6, 6.07) is 11.8. The number of ether oxygens (including phenoxy) is 2. The van der Waals surface area contributed by atoms with Crippen molar-refractivity contribution in [1.82, 2.24) is 10.3 Å². The first-order valence-corrected chi connectivity index (χ1v) is 9.13. The number of benzene rings is 1. The van der Waals surface area contributed by atoms with Gasteiger partial charge < -0.3 is 14.8 Å². The largest absolute Gasteiger partial charge is 0.493 e. The molecule has 6 heteroatoms. The zero-order valence-corrected chi connectivity index (χ0v) is 15.4. The van der Waals surface area contributed by atoms with Crippen LogP contribution in [0.1, 0.15) is 16.0 Å². The van der Waals surface area contributed by atoms with Gasteiger partial charge in [-0.15, -0.1) is 11.3 Å². The molecule has 2 heterocycles. The van der Waals surface area contributed by atoms with E-state index in [2.05, 4.69) is 10.3 Å². The van der Waals surface area contributed by atoms with Gasteiger partial charge in [0.2, 0.25) is 0 Å². The van der Waals surface area contributed by atoms with Crippen LogP contribution < -0.4 is 14.8 Å². The predicted octanol–water partition coefficient (Wildman–Crippen LogP) is 4.67. The monoisotopic (exact) mass is 374 g/mol. The molecule has 0 saturated carbocycles. The summed E-state index contributed by atoms with van der Waals surface area (Å²) >= 11 is 8.06. The van der Waals surface area contributed by atoms with Gasteiger partial charge in [-0.05, 0) is 40.8 Å². The summed E-state index contributed by atoms with van der Waals surface area (Å²) in [7, 11) is 1.62. The number of nitrogens with one attached hydrogen (secondary N) is 1. The van der Waals surface area contributed by atoms with Crippen molar-refractivity contribution in [2.75, 3.05) is 7.11 Å². The molecule has 130 valence electrons. The first-order chi connectivity index (χ1) is 12.3. The van der Waals surface area contributed by atoms with E-state index in [-0.39, 0.29) is 0 Å². The van der Waals surface area contributed by atoms with Gasteiger partial charge in [-0.2, -0.15) is 0 Å². The number of rotatable bonds is 8. The highest BCUT2D eigenvalue weighted by Crippen LogP contribution is 2.37. The van der Waals surface area contributed by atoms with Gasteiger partial charge in [0.15, 0.2) is 11.5 Å². The fourth-order valence-electron chi connectivity index (χ4n) is 2.41. The molecule has 0 amide bonds. The smallest absolute Gasteiger partial charge is 0.180 e. The van der Waals surface area contributed by atoms with Crippen LogP contribution in [-0.4, -0.2) is 12.1 Å². The molecule has 0 bridgehead atoms. The number of thiophene rings is 1. The second kappa shape index (κ2) is 8.85. The first-order valence-electron chi connectivity index (χ1n) is 7.87. The van der Waals surface area contributed by atoms with Crippen LogP contribution in [0.2, 0.25) is 5.02 Å². The Kier molecular flexibility index (Phi) is 6.28. The van der Waals surface area contributed by atoms with Gasteiger partial charge in [0.25, 0.3) is 0 Å². The van der Waals surface area contributed by atoms with E-state index in [1.165, 1.54) is 0 Å². The SMILES string of the molecule is COc1cc(CNCc2cccnc2)cc(Cl)c1OCc1cccs1. The molecule has 0 aliphatic carbocycles. The highest BCUT2D eigenvalue weighted by Gasteiger charge is 2.12. The fraction of sp³-hybridized carbons (Fsp3) is 0.211. The summed E-state index contributed by atoms with van der Waals surface area (Å²) < 4.78 is 11.3. The summed E-state index contributed by atoms with van der Waals surface area (Å²) in [6.45, 7) is 1.90. The molecule has 0 radical (unpaired) electrons. The summed E-state index contributed by atoms with van der Waals surface area (Å²) in [5.41, 5.74) is 2.17. The van der Waals surface area contributed by atoms with Gasteiger partial charge in [0.1, 0.15) is 6.61 Å². The second-order valence-corrected chi connectivity index (χ2v) is 6.88. The molecule has 1 aromatic carbocycles. The van der Waals surface area contributed by atoms with Crippen molar-refractivity contribution in [3.05, 3.63) is 75.2 Å². The molecular weight excluding hydrogens is 356 g/mol. The lowest BCUT2D eigenvalue weighted by molar-refractivity contribution is 0.287. The molecular formula is C19H19ClN2O2S. The lowest BCUT2D eigenvalue weighted by Gasteiger charge is -2.14. The molecule has 3 aromatic rings. The Balaban J connectivity index is 1.64. The first kappa shape index (κ1) is 17.7.